The minimum absolute atomic E-state index is 0.00717. The number of furan rings is 1. The van der Waals surface area contributed by atoms with Gasteiger partial charge in [-0.15, -0.1) is 0 Å². The molecule has 1 aliphatic rings. The van der Waals surface area contributed by atoms with Crippen LogP contribution in [0.5, 0.6) is 0 Å². The molecule has 1 aliphatic heterocycles. The Morgan fingerprint density at radius 2 is 1.84 bits per heavy atom. The highest BCUT2D eigenvalue weighted by Gasteiger charge is 2.26. The lowest BCUT2D eigenvalue weighted by molar-refractivity contribution is -0.114. The van der Waals surface area contributed by atoms with Crippen LogP contribution in [-0.2, 0) is 19.6 Å². The molecule has 9 nitrogen and oxygen atoms in total. The summed E-state index contributed by atoms with van der Waals surface area (Å²) in [7, 11) is -3.57. The van der Waals surface area contributed by atoms with Gasteiger partial charge in [-0.3, -0.25) is 9.78 Å². The number of carbonyl (C=O) groups is 1. The first kappa shape index (κ1) is 21.0. The standard InChI is InChI=1S/C21H22N4O5S/c26-20(15-23-18-3-1-9-22-21(18)19-4-2-12-30-19)24-16-5-7-17(8-6-16)31(27,28)25-10-13-29-14-11-25/h1-9,12,23H,10-11,13-15H2,(H,24,26). The quantitative estimate of drug-likeness (QED) is 0.578. The highest BCUT2D eigenvalue weighted by atomic mass is 32.2. The summed E-state index contributed by atoms with van der Waals surface area (Å²) in [5.74, 6) is 0.318. The molecule has 1 aromatic carbocycles. The normalized spacial score (nSPS) is 14.8. The lowest BCUT2D eigenvalue weighted by Gasteiger charge is -2.26. The number of ether oxygens (including phenoxy) is 1. The topological polar surface area (TPSA) is 114 Å². The van der Waals surface area contributed by atoms with E-state index in [4.69, 9.17) is 9.15 Å². The van der Waals surface area contributed by atoms with E-state index in [1.54, 1.807) is 42.8 Å². The number of aromatic nitrogens is 1. The van der Waals surface area contributed by atoms with Crippen LogP contribution in [0.3, 0.4) is 0 Å². The molecule has 3 aromatic rings. The van der Waals surface area contributed by atoms with E-state index in [0.29, 0.717) is 49.1 Å². The van der Waals surface area contributed by atoms with E-state index in [2.05, 4.69) is 15.6 Å². The lowest BCUT2D eigenvalue weighted by Crippen LogP contribution is -2.40. The molecule has 0 spiro atoms. The van der Waals surface area contributed by atoms with E-state index < -0.39 is 10.0 Å². The zero-order valence-electron chi connectivity index (χ0n) is 16.7. The van der Waals surface area contributed by atoms with Gasteiger partial charge in [0.05, 0.1) is 36.6 Å². The Balaban J connectivity index is 1.37. The molecular formula is C21H22N4O5S. The number of carbonyl (C=O) groups excluding carboxylic acids is 1. The van der Waals surface area contributed by atoms with Gasteiger partial charge in [0.15, 0.2) is 5.76 Å². The highest BCUT2D eigenvalue weighted by Crippen LogP contribution is 2.25. The van der Waals surface area contributed by atoms with Crippen molar-refractivity contribution >= 4 is 27.3 Å². The first-order valence-electron chi connectivity index (χ1n) is 9.74. The minimum Gasteiger partial charge on any atom is -0.463 e. The van der Waals surface area contributed by atoms with Crippen molar-refractivity contribution in [1.82, 2.24) is 9.29 Å². The smallest absolute Gasteiger partial charge is 0.243 e. The molecule has 2 N–H and O–H groups in total. The summed E-state index contributed by atoms with van der Waals surface area (Å²) in [6.45, 7) is 1.45. The van der Waals surface area contributed by atoms with Gasteiger partial charge in [0.2, 0.25) is 15.9 Å². The van der Waals surface area contributed by atoms with Gasteiger partial charge in [-0.25, -0.2) is 8.42 Å². The van der Waals surface area contributed by atoms with Crippen molar-refractivity contribution in [2.45, 2.75) is 4.90 Å². The number of morpholine rings is 1. The summed E-state index contributed by atoms with van der Waals surface area (Å²) in [4.78, 5) is 16.8. The van der Waals surface area contributed by atoms with E-state index >= 15 is 0 Å². The Labute approximate surface area is 180 Å². The van der Waals surface area contributed by atoms with Crippen molar-refractivity contribution in [3.63, 3.8) is 0 Å². The molecule has 0 bridgehead atoms. The summed E-state index contributed by atoms with van der Waals surface area (Å²) in [5.41, 5.74) is 1.78. The Kier molecular flexibility index (Phi) is 6.31. The van der Waals surface area contributed by atoms with Crippen LogP contribution in [0.1, 0.15) is 0 Å². The number of hydrogen-bond donors (Lipinski definition) is 2. The van der Waals surface area contributed by atoms with Gasteiger partial charge in [0.1, 0.15) is 5.69 Å². The number of rotatable bonds is 7. The summed E-state index contributed by atoms with van der Waals surface area (Å²) < 4.78 is 37.3. The molecule has 1 fully saturated rings. The van der Waals surface area contributed by atoms with E-state index in [-0.39, 0.29) is 17.3 Å². The maximum atomic E-state index is 12.7. The third kappa shape index (κ3) is 4.93. The molecule has 1 amide bonds. The van der Waals surface area contributed by atoms with Gasteiger partial charge in [0, 0.05) is 25.0 Å². The van der Waals surface area contributed by atoms with Crippen LogP contribution in [0.15, 0.2) is 70.3 Å². The molecule has 31 heavy (non-hydrogen) atoms. The number of nitrogens with one attached hydrogen (secondary N) is 2. The first-order valence-corrected chi connectivity index (χ1v) is 11.2. The van der Waals surface area contributed by atoms with Gasteiger partial charge in [-0.2, -0.15) is 4.31 Å². The maximum absolute atomic E-state index is 12.7. The molecule has 10 heteroatoms. The number of amides is 1. The number of anilines is 2. The zero-order chi connectivity index (χ0) is 21.7. The summed E-state index contributed by atoms with van der Waals surface area (Å²) in [6, 6.07) is 13.3. The molecular weight excluding hydrogens is 420 g/mol. The fourth-order valence-corrected chi connectivity index (χ4v) is 4.59. The third-order valence-electron chi connectivity index (χ3n) is 4.75. The first-order chi connectivity index (χ1) is 15.0. The van der Waals surface area contributed by atoms with Crippen molar-refractivity contribution in [3.8, 4) is 11.5 Å². The van der Waals surface area contributed by atoms with E-state index in [1.165, 1.54) is 16.4 Å². The van der Waals surface area contributed by atoms with E-state index in [9.17, 15) is 13.2 Å². The third-order valence-corrected chi connectivity index (χ3v) is 6.66. The van der Waals surface area contributed by atoms with Crippen molar-refractivity contribution < 1.29 is 22.4 Å². The number of nitrogens with zero attached hydrogens (tertiary/aromatic N) is 2. The highest BCUT2D eigenvalue weighted by molar-refractivity contribution is 7.89. The Morgan fingerprint density at radius 1 is 1.06 bits per heavy atom. The van der Waals surface area contributed by atoms with Crippen molar-refractivity contribution in [1.29, 1.82) is 0 Å². The molecule has 0 aliphatic carbocycles. The number of hydrogen-bond acceptors (Lipinski definition) is 7. The second kappa shape index (κ2) is 9.29. The van der Waals surface area contributed by atoms with Crippen LogP contribution in [0.4, 0.5) is 11.4 Å². The molecule has 0 radical (unpaired) electrons. The second-order valence-electron chi connectivity index (χ2n) is 6.82. The van der Waals surface area contributed by atoms with Crippen LogP contribution in [0, 0.1) is 0 Å². The van der Waals surface area contributed by atoms with Gasteiger partial charge >= 0.3 is 0 Å². The molecule has 1 saturated heterocycles. The van der Waals surface area contributed by atoms with Gasteiger partial charge < -0.3 is 19.8 Å². The van der Waals surface area contributed by atoms with Crippen molar-refractivity contribution in [3.05, 3.63) is 61.0 Å². The Bertz CT molecular complexity index is 1120. The average molecular weight is 442 g/mol. The minimum atomic E-state index is -3.57. The molecule has 0 unspecified atom stereocenters. The van der Waals surface area contributed by atoms with Crippen LogP contribution in [0.2, 0.25) is 0 Å². The average Bonchev–Trinajstić information content (AvgIpc) is 3.34. The van der Waals surface area contributed by atoms with Crippen LogP contribution in [0.25, 0.3) is 11.5 Å². The predicted molar refractivity (Wildman–Crippen MR) is 115 cm³/mol. The molecule has 162 valence electrons. The fraction of sp³-hybridized carbons (Fsp3) is 0.238. The second-order valence-corrected chi connectivity index (χ2v) is 8.76. The summed E-state index contributed by atoms with van der Waals surface area (Å²) in [6.07, 6.45) is 3.21. The Morgan fingerprint density at radius 3 is 2.55 bits per heavy atom. The van der Waals surface area contributed by atoms with Gasteiger partial charge in [-0.05, 0) is 48.5 Å². The predicted octanol–water partition coefficient (Wildman–Crippen LogP) is 2.41. The van der Waals surface area contributed by atoms with Crippen LogP contribution < -0.4 is 10.6 Å². The molecule has 0 saturated carbocycles. The van der Waals surface area contributed by atoms with Crippen LogP contribution in [-0.4, -0.2) is 56.5 Å². The van der Waals surface area contributed by atoms with Crippen molar-refractivity contribution in [2.75, 3.05) is 43.5 Å². The SMILES string of the molecule is O=C(CNc1cccnc1-c1ccco1)Nc1ccc(S(=O)(=O)N2CCOCC2)cc1. The molecule has 4 rings (SSSR count). The Hall–Kier alpha value is -3.21. The maximum Gasteiger partial charge on any atom is 0.243 e. The molecule has 0 atom stereocenters. The van der Waals surface area contributed by atoms with E-state index in [0.717, 1.165) is 0 Å². The summed E-state index contributed by atoms with van der Waals surface area (Å²) >= 11 is 0. The molecule has 2 aromatic heterocycles. The number of pyridine rings is 1. The van der Waals surface area contributed by atoms with E-state index in [1.807, 2.05) is 6.07 Å². The largest absolute Gasteiger partial charge is 0.463 e. The summed E-state index contributed by atoms with van der Waals surface area (Å²) in [5, 5.41) is 5.80. The van der Waals surface area contributed by atoms with Crippen molar-refractivity contribution in [2.24, 2.45) is 0 Å². The van der Waals surface area contributed by atoms with Gasteiger partial charge in [0.25, 0.3) is 0 Å². The molecule has 3 heterocycles. The monoisotopic (exact) mass is 442 g/mol. The fourth-order valence-electron chi connectivity index (χ4n) is 3.18. The van der Waals surface area contributed by atoms with Crippen LogP contribution >= 0.6 is 0 Å². The van der Waals surface area contributed by atoms with Gasteiger partial charge in [-0.1, -0.05) is 0 Å². The zero-order valence-corrected chi connectivity index (χ0v) is 17.5. The number of sulfonamides is 1. The number of benzene rings is 1. The lowest BCUT2D eigenvalue weighted by atomic mass is 10.2.